The molecule has 0 unspecified atom stereocenters. The van der Waals surface area contributed by atoms with Gasteiger partial charge in [-0.25, -0.2) is 4.79 Å². The van der Waals surface area contributed by atoms with Gasteiger partial charge in [0.1, 0.15) is 0 Å². The van der Waals surface area contributed by atoms with Gasteiger partial charge in [-0.05, 0) is 6.92 Å². The molecule has 0 aliphatic rings. The highest BCUT2D eigenvalue weighted by molar-refractivity contribution is 5.75. The second kappa shape index (κ2) is 2.57. The number of aromatic amines is 1. The number of fused-ring (bicyclic) bond motifs is 1. The Kier molecular flexibility index (Phi) is 1.60. The van der Waals surface area contributed by atoms with Gasteiger partial charge in [0, 0.05) is 14.1 Å². The fraction of sp³-hybridized carbons (Fsp3) is 0.375. The zero-order valence-electron chi connectivity index (χ0n) is 8.16. The van der Waals surface area contributed by atoms with Gasteiger partial charge in [0.15, 0.2) is 5.52 Å². The number of aryl methyl sites for hydroxylation is 2. The van der Waals surface area contributed by atoms with Crippen molar-refractivity contribution >= 4 is 11.0 Å². The van der Waals surface area contributed by atoms with Crippen LogP contribution in [0.25, 0.3) is 11.0 Å². The van der Waals surface area contributed by atoms with Crippen molar-refractivity contribution in [2.24, 2.45) is 14.1 Å². The van der Waals surface area contributed by atoms with E-state index >= 15 is 0 Å². The lowest BCUT2D eigenvalue weighted by Gasteiger charge is -1.96. The third-order valence-electron chi connectivity index (χ3n) is 2.27. The highest BCUT2D eigenvalue weighted by Gasteiger charge is 2.11. The van der Waals surface area contributed by atoms with Gasteiger partial charge in [-0.3, -0.25) is 14.0 Å². The summed E-state index contributed by atoms with van der Waals surface area (Å²) < 4.78 is 2.51. The number of hydrogen-bond acceptors (Lipinski definition) is 3. The summed E-state index contributed by atoms with van der Waals surface area (Å²) in [7, 11) is 3.11. The third kappa shape index (κ3) is 0.935. The zero-order valence-corrected chi connectivity index (χ0v) is 8.16. The maximum atomic E-state index is 11.7. The van der Waals surface area contributed by atoms with Crippen LogP contribution < -0.4 is 11.2 Å². The molecule has 2 heterocycles. The van der Waals surface area contributed by atoms with Crippen LogP contribution in [-0.2, 0) is 14.1 Å². The van der Waals surface area contributed by atoms with Crippen LogP contribution in [0.2, 0.25) is 0 Å². The molecule has 0 atom stereocenters. The van der Waals surface area contributed by atoms with Crippen molar-refractivity contribution in [3.05, 3.63) is 26.5 Å². The van der Waals surface area contributed by atoms with Crippen LogP contribution in [0.3, 0.4) is 0 Å². The Morgan fingerprint density at radius 3 is 2.57 bits per heavy atom. The molecule has 0 aromatic carbocycles. The summed E-state index contributed by atoms with van der Waals surface area (Å²) in [6.07, 6.45) is 0. The summed E-state index contributed by atoms with van der Waals surface area (Å²) in [5.74, 6) is 0. The average Bonchev–Trinajstić information content (AvgIpc) is 2.38. The fourth-order valence-electron chi connectivity index (χ4n) is 1.50. The molecule has 2 aromatic heterocycles. The molecule has 0 bridgehead atoms. The van der Waals surface area contributed by atoms with Crippen molar-refractivity contribution in [2.75, 3.05) is 0 Å². The van der Waals surface area contributed by atoms with Gasteiger partial charge >= 0.3 is 5.69 Å². The van der Waals surface area contributed by atoms with E-state index in [0.717, 1.165) is 4.57 Å². The minimum Gasteiger partial charge on any atom is -0.304 e. The van der Waals surface area contributed by atoms with E-state index in [0.29, 0.717) is 16.7 Å². The first-order valence-corrected chi connectivity index (χ1v) is 4.15. The first-order valence-electron chi connectivity index (χ1n) is 4.15. The van der Waals surface area contributed by atoms with Gasteiger partial charge in [0.05, 0.1) is 11.2 Å². The molecule has 1 N–H and O–H groups in total. The van der Waals surface area contributed by atoms with E-state index in [-0.39, 0.29) is 5.56 Å². The molecule has 2 aromatic rings. The van der Waals surface area contributed by atoms with Crippen LogP contribution in [0.1, 0.15) is 5.69 Å². The monoisotopic (exact) mass is 194 g/mol. The smallest absolute Gasteiger partial charge is 0.304 e. The quantitative estimate of drug-likeness (QED) is 0.600. The molecule has 0 aliphatic heterocycles. The highest BCUT2D eigenvalue weighted by Crippen LogP contribution is 2.07. The van der Waals surface area contributed by atoms with Crippen molar-refractivity contribution in [3.8, 4) is 0 Å². The lowest BCUT2D eigenvalue weighted by Crippen LogP contribution is -2.33. The summed E-state index contributed by atoms with van der Waals surface area (Å²) >= 11 is 0. The Balaban J connectivity index is 3.18. The van der Waals surface area contributed by atoms with Crippen LogP contribution in [0.5, 0.6) is 0 Å². The van der Waals surface area contributed by atoms with Crippen molar-refractivity contribution in [2.45, 2.75) is 6.92 Å². The number of rotatable bonds is 0. The van der Waals surface area contributed by atoms with Crippen LogP contribution >= 0.6 is 0 Å². The molecule has 0 fully saturated rings. The van der Waals surface area contributed by atoms with Crippen molar-refractivity contribution in [3.63, 3.8) is 0 Å². The normalized spacial score (nSPS) is 11.1. The molecule has 0 spiro atoms. The van der Waals surface area contributed by atoms with E-state index in [9.17, 15) is 9.59 Å². The van der Waals surface area contributed by atoms with E-state index in [1.165, 1.54) is 11.7 Å². The molecule has 0 saturated carbocycles. The van der Waals surface area contributed by atoms with Gasteiger partial charge < -0.3 is 4.98 Å². The lowest BCUT2D eigenvalue weighted by atomic mass is 10.4. The predicted molar refractivity (Wildman–Crippen MR) is 51.3 cm³/mol. The molecule has 6 nitrogen and oxygen atoms in total. The Morgan fingerprint density at radius 1 is 1.29 bits per heavy atom. The van der Waals surface area contributed by atoms with Gasteiger partial charge in [-0.1, -0.05) is 0 Å². The summed E-state index contributed by atoms with van der Waals surface area (Å²) in [6, 6.07) is 0. The van der Waals surface area contributed by atoms with Crippen molar-refractivity contribution in [1.29, 1.82) is 0 Å². The number of H-pyrrole nitrogens is 1. The second-order valence-electron chi connectivity index (χ2n) is 3.23. The van der Waals surface area contributed by atoms with E-state index in [4.69, 9.17) is 0 Å². The first kappa shape index (κ1) is 8.74. The molecule has 2 rings (SSSR count). The Hall–Kier alpha value is -1.85. The maximum Gasteiger partial charge on any atom is 0.328 e. The maximum absolute atomic E-state index is 11.7. The molecule has 0 aliphatic carbocycles. The van der Waals surface area contributed by atoms with Crippen LogP contribution in [0.15, 0.2) is 9.59 Å². The molecule has 0 radical (unpaired) electrons. The predicted octanol–water partition coefficient (Wildman–Crippen LogP) is -0.731. The minimum atomic E-state index is -0.418. The number of nitrogens with one attached hydrogen (secondary N) is 1. The second-order valence-corrected chi connectivity index (χ2v) is 3.23. The zero-order chi connectivity index (χ0) is 10.5. The van der Waals surface area contributed by atoms with E-state index in [1.807, 2.05) is 0 Å². The Bertz CT molecular complexity index is 617. The van der Waals surface area contributed by atoms with Gasteiger partial charge in [0.2, 0.25) is 0 Å². The molecular weight excluding hydrogens is 184 g/mol. The number of hydrogen-bond donors (Lipinski definition) is 1. The SMILES string of the molecule is Cc1nn(C)c2c(=O)n(C)c(=O)[nH]c12. The lowest BCUT2D eigenvalue weighted by molar-refractivity contribution is 0.753. The van der Waals surface area contributed by atoms with E-state index in [1.54, 1.807) is 14.0 Å². The summed E-state index contributed by atoms with van der Waals surface area (Å²) in [5.41, 5.74) is 0.841. The number of aromatic nitrogens is 4. The third-order valence-corrected chi connectivity index (χ3v) is 2.27. The highest BCUT2D eigenvalue weighted by atomic mass is 16.2. The molecule has 6 heteroatoms. The minimum absolute atomic E-state index is 0.327. The van der Waals surface area contributed by atoms with E-state index < -0.39 is 5.69 Å². The molecule has 0 saturated heterocycles. The average molecular weight is 194 g/mol. The first-order chi connectivity index (χ1) is 6.52. The molecule has 0 amide bonds. The summed E-state index contributed by atoms with van der Waals surface area (Å²) in [5, 5.41) is 4.07. The topological polar surface area (TPSA) is 72.7 Å². The fourth-order valence-corrected chi connectivity index (χ4v) is 1.50. The van der Waals surface area contributed by atoms with Gasteiger partial charge in [0.25, 0.3) is 5.56 Å². The molecule has 74 valence electrons. The van der Waals surface area contributed by atoms with Crippen LogP contribution in [-0.4, -0.2) is 19.3 Å². The Morgan fingerprint density at radius 2 is 1.93 bits per heavy atom. The molecule has 14 heavy (non-hydrogen) atoms. The Labute approximate surface area is 78.8 Å². The van der Waals surface area contributed by atoms with Crippen LogP contribution in [0.4, 0.5) is 0 Å². The van der Waals surface area contributed by atoms with Gasteiger partial charge in [-0.2, -0.15) is 5.10 Å². The van der Waals surface area contributed by atoms with E-state index in [2.05, 4.69) is 10.1 Å². The standard InChI is InChI=1S/C8H10N4O2/c1-4-5-6(12(3)10-4)7(13)11(2)8(14)9-5/h1-3H3,(H,9,14). The van der Waals surface area contributed by atoms with Gasteiger partial charge in [-0.15, -0.1) is 0 Å². The number of nitrogens with zero attached hydrogens (tertiary/aromatic N) is 3. The van der Waals surface area contributed by atoms with Crippen LogP contribution in [0, 0.1) is 6.92 Å². The summed E-state index contributed by atoms with van der Waals surface area (Å²) in [4.78, 5) is 25.6. The molecular formula is C8H10N4O2. The van der Waals surface area contributed by atoms with Crippen molar-refractivity contribution in [1.82, 2.24) is 19.3 Å². The van der Waals surface area contributed by atoms with Crippen molar-refractivity contribution < 1.29 is 0 Å². The largest absolute Gasteiger partial charge is 0.328 e. The summed E-state index contributed by atoms with van der Waals surface area (Å²) in [6.45, 7) is 1.75.